The minimum absolute atomic E-state index is 0.267. The highest BCUT2D eigenvalue weighted by Gasteiger charge is 2.30. The fraction of sp³-hybridized carbons (Fsp3) is 0.533. The van der Waals surface area contributed by atoms with E-state index in [1.807, 2.05) is 0 Å². The molecule has 1 rings (SSSR count). The van der Waals surface area contributed by atoms with E-state index in [-0.39, 0.29) is 5.41 Å². The molecule has 0 unspecified atom stereocenters. The molecule has 1 aromatic rings. The smallest absolute Gasteiger partial charge is 0.0822 e. The molecular formula is C15H21N. The van der Waals surface area contributed by atoms with Crippen molar-refractivity contribution in [2.75, 3.05) is 0 Å². The molecule has 0 heterocycles. The second-order valence-electron chi connectivity index (χ2n) is 4.56. The molecule has 0 amide bonds. The summed E-state index contributed by atoms with van der Waals surface area (Å²) >= 11 is 0. The lowest BCUT2D eigenvalue weighted by Crippen LogP contribution is -2.23. The highest BCUT2D eigenvalue weighted by Crippen LogP contribution is 2.33. The van der Waals surface area contributed by atoms with Gasteiger partial charge in [-0.3, -0.25) is 0 Å². The summed E-state index contributed by atoms with van der Waals surface area (Å²) in [7, 11) is 0. The fourth-order valence-corrected chi connectivity index (χ4v) is 2.32. The summed E-state index contributed by atoms with van der Waals surface area (Å²) in [6, 6.07) is 11.0. The van der Waals surface area contributed by atoms with Gasteiger partial charge in [0.15, 0.2) is 0 Å². The molecule has 0 aliphatic rings. The van der Waals surface area contributed by atoms with Crippen LogP contribution in [0.1, 0.15) is 50.7 Å². The van der Waals surface area contributed by atoms with Crippen LogP contribution in [0.5, 0.6) is 0 Å². The zero-order valence-corrected chi connectivity index (χ0v) is 10.6. The summed E-state index contributed by atoms with van der Waals surface area (Å²) in [5, 5.41) is 9.51. The van der Waals surface area contributed by atoms with Gasteiger partial charge in [0.25, 0.3) is 0 Å². The average molecular weight is 215 g/mol. The minimum Gasteiger partial charge on any atom is -0.197 e. The van der Waals surface area contributed by atoms with Crippen LogP contribution < -0.4 is 0 Å². The number of aryl methyl sites for hydroxylation is 1. The van der Waals surface area contributed by atoms with Crippen molar-refractivity contribution in [2.45, 2.75) is 51.9 Å². The number of hydrogen-bond donors (Lipinski definition) is 0. The first kappa shape index (κ1) is 12.8. The molecule has 0 radical (unpaired) electrons. The Bertz CT molecular complexity index is 350. The van der Waals surface area contributed by atoms with Crippen LogP contribution in [0.3, 0.4) is 0 Å². The van der Waals surface area contributed by atoms with Crippen LogP contribution in [0.4, 0.5) is 0 Å². The van der Waals surface area contributed by atoms with Crippen LogP contribution in [-0.2, 0) is 5.41 Å². The Morgan fingerprint density at radius 2 is 1.56 bits per heavy atom. The third kappa shape index (κ3) is 2.64. The van der Waals surface area contributed by atoms with Gasteiger partial charge in [-0.2, -0.15) is 5.26 Å². The van der Waals surface area contributed by atoms with E-state index in [9.17, 15) is 5.26 Å². The third-order valence-electron chi connectivity index (χ3n) is 3.17. The van der Waals surface area contributed by atoms with E-state index in [1.165, 1.54) is 11.1 Å². The first-order chi connectivity index (χ1) is 7.68. The highest BCUT2D eigenvalue weighted by atomic mass is 14.4. The molecule has 0 saturated heterocycles. The number of rotatable bonds is 5. The maximum absolute atomic E-state index is 9.51. The number of nitriles is 1. The molecule has 0 atom stereocenters. The van der Waals surface area contributed by atoms with Gasteiger partial charge in [-0.1, -0.05) is 56.5 Å². The minimum atomic E-state index is -0.267. The van der Waals surface area contributed by atoms with Crippen molar-refractivity contribution in [1.29, 1.82) is 5.26 Å². The predicted molar refractivity (Wildman–Crippen MR) is 68.3 cm³/mol. The van der Waals surface area contributed by atoms with Crippen molar-refractivity contribution in [3.05, 3.63) is 35.4 Å². The molecule has 0 fully saturated rings. The maximum atomic E-state index is 9.51. The zero-order valence-electron chi connectivity index (χ0n) is 10.6. The van der Waals surface area contributed by atoms with E-state index >= 15 is 0 Å². The Morgan fingerprint density at radius 1 is 1.06 bits per heavy atom. The van der Waals surface area contributed by atoms with Gasteiger partial charge in [0.2, 0.25) is 0 Å². The zero-order chi connectivity index (χ0) is 12.0. The van der Waals surface area contributed by atoms with Gasteiger partial charge >= 0.3 is 0 Å². The van der Waals surface area contributed by atoms with Gasteiger partial charge in [0.1, 0.15) is 0 Å². The van der Waals surface area contributed by atoms with Gasteiger partial charge in [-0.05, 0) is 25.3 Å². The van der Waals surface area contributed by atoms with Gasteiger partial charge in [-0.25, -0.2) is 0 Å². The number of hydrogen-bond acceptors (Lipinski definition) is 1. The van der Waals surface area contributed by atoms with Crippen molar-refractivity contribution in [3.63, 3.8) is 0 Å². The van der Waals surface area contributed by atoms with Crippen LogP contribution in [0.2, 0.25) is 0 Å². The Hall–Kier alpha value is -1.29. The second-order valence-corrected chi connectivity index (χ2v) is 4.56. The molecule has 1 nitrogen and oxygen atoms in total. The molecule has 0 aliphatic carbocycles. The highest BCUT2D eigenvalue weighted by molar-refractivity contribution is 5.34. The maximum Gasteiger partial charge on any atom is 0.0822 e. The summed E-state index contributed by atoms with van der Waals surface area (Å²) in [6.45, 7) is 6.38. The number of benzene rings is 1. The van der Waals surface area contributed by atoms with Crippen LogP contribution >= 0.6 is 0 Å². The summed E-state index contributed by atoms with van der Waals surface area (Å²) in [5.41, 5.74) is 2.17. The van der Waals surface area contributed by atoms with E-state index < -0.39 is 0 Å². The van der Waals surface area contributed by atoms with Gasteiger partial charge in [-0.15, -0.1) is 0 Å². The normalized spacial score (nSPS) is 11.1. The second kappa shape index (κ2) is 5.70. The van der Waals surface area contributed by atoms with Crippen molar-refractivity contribution in [3.8, 4) is 6.07 Å². The van der Waals surface area contributed by atoms with Gasteiger partial charge in [0, 0.05) is 0 Å². The van der Waals surface area contributed by atoms with E-state index in [1.54, 1.807) is 0 Å². The van der Waals surface area contributed by atoms with Crippen LogP contribution in [0.25, 0.3) is 0 Å². The molecule has 0 aromatic heterocycles. The van der Waals surface area contributed by atoms with Crippen molar-refractivity contribution in [2.24, 2.45) is 0 Å². The fourth-order valence-electron chi connectivity index (χ4n) is 2.32. The van der Waals surface area contributed by atoms with Crippen LogP contribution in [-0.4, -0.2) is 0 Å². The topological polar surface area (TPSA) is 23.8 Å². The van der Waals surface area contributed by atoms with Crippen LogP contribution in [0.15, 0.2) is 24.3 Å². The lowest BCUT2D eigenvalue weighted by atomic mass is 9.74. The van der Waals surface area contributed by atoms with Crippen molar-refractivity contribution < 1.29 is 0 Å². The third-order valence-corrected chi connectivity index (χ3v) is 3.17. The van der Waals surface area contributed by atoms with E-state index in [4.69, 9.17) is 0 Å². The molecule has 0 saturated carbocycles. The Labute approximate surface area is 99.1 Å². The quantitative estimate of drug-likeness (QED) is 0.716. The summed E-state index contributed by atoms with van der Waals surface area (Å²) in [4.78, 5) is 0. The summed E-state index contributed by atoms with van der Waals surface area (Å²) < 4.78 is 0. The molecule has 16 heavy (non-hydrogen) atoms. The molecule has 0 N–H and O–H groups in total. The lowest BCUT2D eigenvalue weighted by molar-refractivity contribution is 0.453. The SMILES string of the molecule is CCCC(C#N)(CCC)c1ccc(C)cc1. The molecule has 1 aromatic carbocycles. The molecule has 86 valence electrons. The standard InChI is InChI=1S/C15H21N/c1-4-10-15(12-16,11-5-2)14-8-6-13(3)7-9-14/h6-9H,4-5,10-11H2,1-3H3. The van der Waals surface area contributed by atoms with E-state index in [0.29, 0.717) is 0 Å². The molecule has 0 bridgehead atoms. The molecule has 1 heteroatoms. The average Bonchev–Trinajstić information content (AvgIpc) is 2.29. The lowest BCUT2D eigenvalue weighted by Gasteiger charge is -2.26. The summed E-state index contributed by atoms with van der Waals surface area (Å²) in [5.74, 6) is 0. The van der Waals surface area contributed by atoms with E-state index in [2.05, 4.69) is 51.1 Å². The Balaban J connectivity index is 3.09. The van der Waals surface area contributed by atoms with Gasteiger partial charge < -0.3 is 0 Å². The van der Waals surface area contributed by atoms with E-state index in [0.717, 1.165) is 25.7 Å². The molecule has 0 spiro atoms. The van der Waals surface area contributed by atoms with Crippen LogP contribution in [0, 0.1) is 18.3 Å². The Morgan fingerprint density at radius 3 is 1.94 bits per heavy atom. The Kier molecular flexibility index (Phi) is 4.55. The summed E-state index contributed by atoms with van der Waals surface area (Å²) in [6.07, 6.45) is 4.03. The first-order valence-corrected chi connectivity index (χ1v) is 6.17. The monoisotopic (exact) mass is 215 g/mol. The molecule has 0 aliphatic heterocycles. The predicted octanol–water partition coefficient (Wildman–Crippen LogP) is 4.36. The van der Waals surface area contributed by atoms with Crippen molar-refractivity contribution in [1.82, 2.24) is 0 Å². The molecular weight excluding hydrogens is 194 g/mol. The first-order valence-electron chi connectivity index (χ1n) is 6.17. The largest absolute Gasteiger partial charge is 0.197 e. The number of nitrogens with zero attached hydrogens (tertiary/aromatic N) is 1. The van der Waals surface area contributed by atoms with Crippen molar-refractivity contribution >= 4 is 0 Å². The van der Waals surface area contributed by atoms with Gasteiger partial charge in [0.05, 0.1) is 11.5 Å².